The predicted octanol–water partition coefficient (Wildman–Crippen LogP) is -0.823. The van der Waals surface area contributed by atoms with Crippen LogP contribution in [0.5, 0.6) is 0 Å². The van der Waals surface area contributed by atoms with Gasteiger partial charge in [-0.1, -0.05) is 0 Å². The van der Waals surface area contributed by atoms with E-state index in [0.717, 1.165) is 25.7 Å². The molecule has 16 heavy (non-hydrogen) atoms. The zero-order chi connectivity index (χ0) is 11.7. The highest BCUT2D eigenvalue weighted by molar-refractivity contribution is 5.80. The monoisotopic (exact) mass is 227 g/mol. The first kappa shape index (κ1) is 11.8. The van der Waals surface area contributed by atoms with Crippen molar-refractivity contribution in [3.8, 4) is 0 Å². The van der Waals surface area contributed by atoms with Gasteiger partial charge in [0.25, 0.3) is 0 Å². The van der Waals surface area contributed by atoms with Crippen LogP contribution in [0, 0.1) is 0 Å². The second-order valence-corrected chi connectivity index (χ2v) is 5.07. The van der Waals surface area contributed by atoms with Crippen molar-refractivity contribution in [3.63, 3.8) is 0 Å². The van der Waals surface area contributed by atoms with Gasteiger partial charge in [0, 0.05) is 18.6 Å². The van der Waals surface area contributed by atoms with Crippen molar-refractivity contribution in [2.45, 2.75) is 56.3 Å². The smallest absolute Gasteiger partial charge is 0.234 e. The highest BCUT2D eigenvalue weighted by atomic mass is 16.3. The molecule has 5 heteroatoms. The van der Waals surface area contributed by atoms with E-state index in [2.05, 4.69) is 4.90 Å². The SMILES string of the molecule is NC(=O)[C@H]1C[C@@H](O)CN1C1CCC(N)CC1. The number of aliphatic hydroxyl groups is 1. The molecule has 2 rings (SSSR count). The number of carbonyl (C=O) groups is 1. The number of carbonyl (C=O) groups excluding carboxylic acids is 1. The minimum absolute atomic E-state index is 0.283. The average Bonchev–Trinajstić information content (AvgIpc) is 2.61. The molecular formula is C11H21N3O2. The molecule has 0 aromatic heterocycles. The topological polar surface area (TPSA) is 92.6 Å². The molecule has 0 radical (unpaired) electrons. The maximum Gasteiger partial charge on any atom is 0.234 e. The highest BCUT2D eigenvalue weighted by Gasteiger charge is 2.39. The van der Waals surface area contributed by atoms with Gasteiger partial charge in [-0.15, -0.1) is 0 Å². The van der Waals surface area contributed by atoms with Gasteiger partial charge in [0.2, 0.25) is 5.91 Å². The van der Waals surface area contributed by atoms with Crippen molar-refractivity contribution in [1.29, 1.82) is 0 Å². The molecule has 0 unspecified atom stereocenters. The summed E-state index contributed by atoms with van der Waals surface area (Å²) >= 11 is 0. The first-order valence-corrected chi connectivity index (χ1v) is 6.06. The summed E-state index contributed by atoms with van der Waals surface area (Å²) < 4.78 is 0. The maximum absolute atomic E-state index is 11.3. The number of amides is 1. The molecule has 5 nitrogen and oxygen atoms in total. The lowest BCUT2D eigenvalue weighted by molar-refractivity contribution is -0.123. The summed E-state index contributed by atoms with van der Waals surface area (Å²) in [5.74, 6) is -0.313. The van der Waals surface area contributed by atoms with E-state index < -0.39 is 6.10 Å². The Morgan fingerprint density at radius 1 is 1.25 bits per heavy atom. The summed E-state index contributed by atoms with van der Waals surface area (Å²) in [5.41, 5.74) is 11.2. The Hall–Kier alpha value is -0.650. The third-order valence-electron chi connectivity index (χ3n) is 3.86. The van der Waals surface area contributed by atoms with Crippen LogP contribution in [-0.4, -0.2) is 46.7 Å². The van der Waals surface area contributed by atoms with Crippen LogP contribution in [0.15, 0.2) is 0 Å². The molecule has 2 atom stereocenters. The van der Waals surface area contributed by atoms with Crippen molar-refractivity contribution in [2.75, 3.05) is 6.54 Å². The molecule has 0 aromatic carbocycles. The summed E-state index contributed by atoms with van der Waals surface area (Å²) in [4.78, 5) is 13.4. The second kappa shape index (κ2) is 4.69. The Balaban J connectivity index is 1.99. The number of nitrogens with zero attached hydrogens (tertiary/aromatic N) is 1. The quantitative estimate of drug-likeness (QED) is 0.574. The van der Waals surface area contributed by atoms with Gasteiger partial charge < -0.3 is 16.6 Å². The predicted molar refractivity (Wildman–Crippen MR) is 60.5 cm³/mol. The fourth-order valence-electron chi connectivity index (χ4n) is 2.95. The maximum atomic E-state index is 11.3. The molecule has 5 N–H and O–H groups in total. The molecule has 2 aliphatic rings. The number of hydrogen-bond donors (Lipinski definition) is 3. The van der Waals surface area contributed by atoms with Crippen LogP contribution in [0.1, 0.15) is 32.1 Å². The molecule has 0 aromatic rings. The number of aliphatic hydroxyl groups excluding tert-OH is 1. The second-order valence-electron chi connectivity index (χ2n) is 5.07. The molecule has 1 amide bonds. The molecule has 0 bridgehead atoms. The number of likely N-dealkylation sites (tertiary alicyclic amines) is 1. The van der Waals surface area contributed by atoms with E-state index in [1.807, 2.05) is 0 Å². The Morgan fingerprint density at radius 3 is 2.44 bits per heavy atom. The highest BCUT2D eigenvalue weighted by Crippen LogP contribution is 2.28. The first-order valence-electron chi connectivity index (χ1n) is 6.06. The summed E-state index contributed by atoms with van der Waals surface area (Å²) in [7, 11) is 0. The van der Waals surface area contributed by atoms with E-state index in [-0.39, 0.29) is 11.9 Å². The van der Waals surface area contributed by atoms with Crippen molar-refractivity contribution >= 4 is 5.91 Å². The fraction of sp³-hybridized carbons (Fsp3) is 0.909. The van der Waals surface area contributed by atoms with Crippen molar-refractivity contribution in [1.82, 2.24) is 4.90 Å². The zero-order valence-corrected chi connectivity index (χ0v) is 9.51. The van der Waals surface area contributed by atoms with Gasteiger partial charge in [-0.2, -0.15) is 0 Å². The lowest BCUT2D eigenvalue weighted by Crippen LogP contribution is -2.48. The van der Waals surface area contributed by atoms with Crippen LogP contribution in [0.3, 0.4) is 0 Å². The minimum atomic E-state index is -0.409. The van der Waals surface area contributed by atoms with E-state index in [1.165, 1.54) is 0 Å². The van der Waals surface area contributed by atoms with Gasteiger partial charge >= 0.3 is 0 Å². The largest absolute Gasteiger partial charge is 0.392 e. The summed E-state index contributed by atoms with van der Waals surface area (Å²) in [6.45, 7) is 0.577. The third-order valence-corrected chi connectivity index (χ3v) is 3.86. The zero-order valence-electron chi connectivity index (χ0n) is 9.51. The fourth-order valence-corrected chi connectivity index (χ4v) is 2.95. The van der Waals surface area contributed by atoms with Gasteiger partial charge in [0.05, 0.1) is 12.1 Å². The van der Waals surface area contributed by atoms with E-state index >= 15 is 0 Å². The first-order chi connectivity index (χ1) is 7.58. The van der Waals surface area contributed by atoms with Crippen LogP contribution in [0.2, 0.25) is 0 Å². The number of primary amides is 1. The Bertz CT molecular complexity index is 264. The molecule has 1 aliphatic heterocycles. The van der Waals surface area contributed by atoms with E-state index in [4.69, 9.17) is 11.5 Å². The van der Waals surface area contributed by atoms with Crippen LogP contribution in [0.25, 0.3) is 0 Å². The Kier molecular flexibility index (Phi) is 3.47. The molecule has 1 saturated carbocycles. The lowest BCUT2D eigenvalue weighted by atomic mass is 9.90. The summed E-state index contributed by atoms with van der Waals surface area (Å²) in [6, 6.07) is 0.388. The minimum Gasteiger partial charge on any atom is -0.392 e. The van der Waals surface area contributed by atoms with Gasteiger partial charge in [-0.05, 0) is 32.1 Å². The molecule has 92 valence electrons. The van der Waals surface area contributed by atoms with Crippen LogP contribution in [0.4, 0.5) is 0 Å². The summed E-state index contributed by atoms with van der Waals surface area (Å²) in [6.07, 6.45) is 4.10. The van der Waals surface area contributed by atoms with Crippen LogP contribution < -0.4 is 11.5 Å². The standard InChI is InChI=1S/C11H21N3O2/c12-7-1-3-8(4-2-7)14-6-9(15)5-10(14)11(13)16/h7-10,15H,1-6,12H2,(H2,13,16)/t7?,8?,9-,10-/m1/s1. The number of β-amino-alcohol motifs (C(OH)–C–C–N with tert-alkyl or cyclic N) is 1. The van der Waals surface area contributed by atoms with Crippen LogP contribution >= 0.6 is 0 Å². The Morgan fingerprint density at radius 2 is 1.88 bits per heavy atom. The Labute approximate surface area is 95.8 Å². The van der Waals surface area contributed by atoms with Crippen molar-refractivity contribution in [2.24, 2.45) is 11.5 Å². The molecule has 1 saturated heterocycles. The number of nitrogens with two attached hydrogens (primary N) is 2. The normalized spacial score (nSPS) is 41.1. The van der Waals surface area contributed by atoms with Gasteiger partial charge in [0.1, 0.15) is 0 Å². The van der Waals surface area contributed by atoms with Gasteiger partial charge in [-0.25, -0.2) is 0 Å². The van der Waals surface area contributed by atoms with Gasteiger partial charge in [-0.3, -0.25) is 9.69 Å². The van der Waals surface area contributed by atoms with E-state index in [0.29, 0.717) is 25.0 Å². The number of hydrogen-bond acceptors (Lipinski definition) is 4. The average molecular weight is 227 g/mol. The van der Waals surface area contributed by atoms with Gasteiger partial charge in [0.15, 0.2) is 0 Å². The third kappa shape index (κ3) is 2.36. The molecule has 1 heterocycles. The molecular weight excluding hydrogens is 206 g/mol. The van der Waals surface area contributed by atoms with Crippen molar-refractivity contribution in [3.05, 3.63) is 0 Å². The molecule has 0 spiro atoms. The molecule has 1 aliphatic carbocycles. The van der Waals surface area contributed by atoms with E-state index in [9.17, 15) is 9.90 Å². The van der Waals surface area contributed by atoms with E-state index in [1.54, 1.807) is 0 Å². The summed E-state index contributed by atoms with van der Waals surface area (Å²) in [5, 5.41) is 9.63. The number of rotatable bonds is 2. The molecule has 2 fully saturated rings. The lowest BCUT2D eigenvalue weighted by Gasteiger charge is -2.35. The van der Waals surface area contributed by atoms with Crippen LogP contribution in [-0.2, 0) is 4.79 Å². The van der Waals surface area contributed by atoms with Crippen molar-refractivity contribution < 1.29 is 9.90 Å².